The molecule has 1 saturated heterocycles. The van der Waals surface area contributed by atoms with Gasteiger partial charge >= 0.3 is 0 Å². The summed E-state index contributed by atoms with van der Waals surface area (Å²) in [5.41, 5.74) is 10.4. The second kappa shape index (κ2) is 5.57. The van der Waals surface area contributed by atoms with Crippen LogP contribution in [0.1, 0.15) is 46.5 Å². The van der Waals surface area contributed by atoms with Crippen molar-refractivity contribution in [3.63, 3.8) is 0 Å². The number of primary amides is 1. The predicted octanol–water partition coefficient (Wildman–Crippen LogP) is 0.385. The summed E-state index contributed by atoms with van der Waals surface area (Å²) in [6.45, 7) is 7.00. The highest BCUT2D eigenvalue weighted by Crippen LogP contribution is 2.51. The molecule has 6 nitrogen and oxygen atoms in total. The second-order valence-corrected chi connectivity index (χ2v) is 6.75. The molecule has 0 spiro atoms. The molecule has 3 atom stereocenters. The molecule has 0 bridgehead atoms. The summed E-state index contributed by atoms with van der Waals surface area (Å²) >= 11 is 0. The van der Waals surface area contributed by atoms with Crippen LogP contribution in [-0.2, 0) is 14.3 Å². The molecule has 6 heteroatoms. The number of likely N-dealkylation sites (tertiary alicyclic amines) is 1. The fourth-order valence-electron chi connectivity index (χ4n) is 3.52. The molecule has 1 saturated carbocycles. The third-order valence-corrected chi connectivity index (χ3v) is 5.30. The van der Waals surface area contributed by atoms with Crippen LogP contribution in [0, 0.1) is 5.41 Å². The van der Waals surface area contributed by atoms with E-state index in [0.717, 1.165) is 12.8 Å². The number of ether oxygens (including phenoxy) is 1. The van der Waals surface area contributed by atoms with E-state index in [2.05, 4.69) is 0 Å². The maximum atomic E-state index is 12.9. The molecular weight excluding hydrogens is 270 g/mol. The monoisotopic (exact) mass is 297 g/mol. The summed E-state index contributed by atoms with van der Waals surface area (Å²) in [6, 6.07) is -0.520. The van der Waals surface area contributed by atoms with E-state index in [0.29, 0.717) is 26.0 Å². The number of amides is 2. The Bertz CT molecular complexity index is 438. The van der Waals surface area contributed by atoms with Gasteiger partial charge in [0.1, 0.15) is 11.6 Å². The van der Waals surface area contributed by atoms with Gasteiger partial charge in [-0.25, -0.2) is 0 Å². The van der Waals surface area contributed by atoms with Gasteiger partial charge in [0.05, 0.1) is 6.10 Å². The van der Waals surface area contributed by atoms with Crippen molar-refractivity contribution < 1.29 is 14.3 Å². The molecule has 2 amide bonds. The third-order valence-electron chi connectivity index (χ3n) is 5.30. The molecule has 1 heterocycles. The van der Waals surface area contributed by atoms with Gasteiger partial charge in [0, 0.05) is 25.0 Å². The zero-order valence-electron chi connectivity index (χ0n) is 13.2. The second-order valence-electron chi connectivity index (χ2n) is 6.75. The molecule has 2 rings (SSSR count). The summed E-state index contributed by atoms with van der Waals surface area (Å²) in [6.07, 6.45) is 2.91. The van der Waals surface area contributed by atoms with Crippen molar-refractivity contribution >= 4 is 11.8 Å². The van der Waals surface area contributed by atoms with Crippen molar-refractivity contribution in [2.24, 2.45) is 16.9 Å². The number of nitrogens with zero attached hydrogens (tertiary/aromatic N) is 1. The predicted molar refractivity (Wildman–Crippen MR) is 79.3 cm³/mol. The molecule has 0 aromatic heterocycles. The van der Waals surface area contributed by atoms with Gasteiger partial charge in [-0.1, -0.05) is 13.8 Å². The molecular formula is C15H27N3O3. The van der Waals surface area contributed by atoms with Gasteiger partial charge < -0.3 is 21.1 Å². The number of nitrogens with two attached hydrogens (primary N) is 2. The normalized spacial score (nSPS) is 35.1. The summed E-state index contributed by atoms with van der Waals surface area (Å²) in [5.74, 6) is -0.600. The number of rotatable bonds is 4. The molecule has 21 heavy (non-hydrogen) atoms. The van der Waals surface area contributed by atoms with Crippen molar-refractivity contribution in [1.82, 2.24) is 4.90 Å². The van der Waals surface area contributed by atoms with Gasteiger partial charge in [0.2, 0.25) is 11.8 Å². The highest BCUT2D eigenvalue weighted by atomic mass is 16.5. The van der Waals surface area contributed by atoms with E-state index < -0.39 is 22.9 Å². The van der Waals surface area contributed by atoms with E-state index >= 15 is 0 Å². The van der Waals surface area contributed by atoms with Crippen LogP contribution in [0.3, 0.4) is 0 Å². The average molecular weight is 297 g/mol. The maximum absolute atomic E-state index is 12.9. The first-order valence-electron chi connectivity index (χ1n) is 7.76. The largest absolute Gasteiger partial charge is 0.378 e. The van der Waals surface area contributed by atoms with E-state index in [1.165, 1.54) is 0 Å². The van der Waals surface area contributed by atoms with Gasteiger partial charge in [0.15, 0.2) is 0 Å². The highest BCUT2D eigenvalue weighted by Gasteiger charge is 2.64. The van der Waals surface area contributed by atoms with Crippen LogP contribution in [0.5, 0.6) is 0 Å². The van der Waals surface area contributed by atoms with E-state index in [9.17, 15) is 9.59 Å². The Kier molecular flexibility index (Phi) is 4.31. The summed E-state index contributed by atoms with van der Waals surface area (Å²) in [5, 5.41) is 0. The Morgan fingerprint density at radius 3 is 2.52 bits per heavy atom. The Morgan fingerprint density at radius 2 is 2.00 bits per heavy atom. The van der Waals surface area contributed by atoms with E-state index in [-0.39, 0.29) is 12.0 Å². The standard InChI is InChI=1S/C15H27N3O3/c1-4-21-11-9-15(17,14(11,2)3)13(20)18-8-6-5-7-10(18)12(16)19/h10-11H,4-9,17H2,1-3H3,(H2,16,19). The minimum atomic E-state index is -0.974. The van der Waals surface area contributed by atoms with Crippen molar-refractivity contribution in [3.05, 3.63) is 0 Å². The van der Waals surface area contributed by atoms with Gasteiger partial charge in [0.25, 0.3) is 0 Å². The van der Waals surface area contributed by atoms with Gasteiger partial charge in [-0.3, -0.25) is 9.59 Å². The quantitative estimate of drug-likeness (QED) is 0.784. The Balaban J connectivity index is 2.17. The highest BCUT2D eigenvalue weighted by molar-refractivity contribution is 5.93. The number of piperidine rings is 1. The van der Waals surface area contributed by atoms with Crippen molar-refractivity contribution in [1.29, 1.82) is 0 Å². The van der Waals surface area contributed by atoms with Crippen LogP contribution in [0.2, 0.25) is 0 Å². The molecule has 0 aromatic rings. The summed E-state index contributed by atoms with van der Waals surface area (Å²) in [4.78, 5) is 26.1. The van der Waals surface area contributed by atoms with Crippen LogP contribution >= 0.6 is 0 Å². The SMILES string of the molecule is CCOC1CC(N)(C(=O)N2CCCCC2C(N)=O)C1(C)C. The Hall–Kier alpha value is -1.14. The molecule has 0 radical (unpaired) electrons. The lowest BCUT2D eigenvalue weighted by Gasteiger charge is -2.59. The van der Waals surface area contributed by atoms with Gasteiger partial charge in [-0.2, -0.15) is 0 Å². The fraction of sp³-hybridized carbons (Fsp3) is 0.867. The van der Waals surface area contributed by atoms with Gasteiger partial charge in [-0.05, 0) is 26.2 Å². The molecule has 2 fully saturated rings. The van der Waals surface area contributed by atoms with Crippen LogP contribution in [-0.4, -0.2) is 47.6 Å². The Labute approximate surface area is 126 Å². The minimum absolute atomic E-state index is 0.0201. The third kappa shape index (κ3) is 2.44. The molecule has 2 aliphatic rings. The first-order chi connectivity index (χ1) is 9.75. The number of hydrogen-bond donors (Lipinski definition) is 2. The molecule has 1 aliphatic heterocycles. The number of hydrogen-bond acceptors (Lipinski definition) is 4. The number of carbonyl (C=O) groups excluding carboxylic acids is 2. The zero-order chi connectivity index (χ0) is 15.8. The van der Waals surface area contributed by atoms with Crippen LogP contribution in [0.25, 0.3) is 0 Å². The minimum Gasteiger partial charge on any atom is -0.378 e. The Morgan fingerprint density at radius 1 is 1.33 bits per heavy atom. The topological polar surface area (TPSA) is 98.7 Å². The smallest absolute Gasteiger partial charge is 0.244 e. The maximum Gasteiger partial charge on any atom is 0.244 e. The van der Waals surface area contributed by atoms with Crippen LogP contribution < -0.4 is 11.5 Å². The summed E-state index contributed by atoms with van der Waals surface area (Å²) in [7, 11) is 0. The molecule has 0 aromatic carbocycles. The van der Waals surface area contributed by atoms with Gasteiger partial charge in [-0.15, -0.1) is 0 Å². The average Bonchev–Trinajstić information content (AvgIpc) is 2.45. The van der Waals surface area contributed by atoms with Crippen LogP contribution in [0.4, 0.5) is 0 Å². The number of carbonyl (C=O) groups is 2. The first kappa shape index (κ1) is 16.2. The zero-order valence-corrected chi connectivity index (χ0v) is 13.2. The molecule has 4 N–H and O–H groups in total. The van der Waals surface area contributed by atoms with E-state index in [4.69, 9.17) is 16.2 Å². The molecule has 3 unspecified atom stereocenters. The van der Waals surface area contributed by atoms with E-state index in [1.54, 1.807) is 4.90 Å². The fourth-order valence-corrected chi connectivity index (χ4v) is 3.52. The van der Waals surface area contributed by atoms with Crippen molar-refractivity contribution in [2.45, 2.75) is 64.1 Å². The van der Waals surface area contributed by atoms with Crippen LogP contribution in [0.15, 0.2) is 0 Å². The molecule has 1 aliphatic carbocycles. The van der Waals surface area contributed by atoms with E-state index in [1.807, 2.05) is 20.8 Å². The lowest BCUT2D eigenvalue weighted by molar-refractivity contribution is -0.182. The first-order valence-corrected chi connectivity index (χ1v) is 7.76. The van der Waals surface area contributed by atoms with Crippen molar-refractivity contribution in [2.75, 3.05) is 13.2 Å². The lowest BCUT2D eigenvalue weighted by atomic mass is 9.54. The van der Waals surface area contributed by atoms with Crippen molar-refractivity contribution in [3.8, 4) is 0 Å². The summed E-state index contributed by atoms with van der Waals surface area (Å²) < 4.78 is 5.66. The lowest BCUT2D eigenvalue weighted by Crippen LogP contribution is -2.77. The molecule has 120 valence electrons.